The number of rotatable bonds is 7. The van der Waals surface area contributed by atoms with E-state index in [1.807, 2.05) is 12.1 Å². The molecule has 0 aromatic heterocycles. The molecule has 1 aromatic carbocycles. The molecule has 0 saturated carbocycles. The highest BCUT2D eigenvalue weighted by Gasteiger charge is 2.17. The van der Waals surface area contributed by atoms with Crippen LogP contribution in [0.4, 0.5) is 0 Å². The molecule has 0 amide bonds. The first-order chi connectivity index (χ1) is 8.07. The molecule has 3 heteroatoms. The molecule has 0 heterocycles. The van der Waals surface area contributed by atoms with Gasteiger partial charge in [-0.3, -0.25) is 0 Å². The number of hydrogen-bond acceptors (Lipinski definition) is 1. The predicted octanol–water partition coefficient (Wildman–Crippen LogP) is 3.56. The van der Waals surface area contributed by atoms with E-state index in [-0.39, 0.29) is 8.83 Å². The fraction of sp³-hybridized carbons (Fsp3) is 0.429. The van der Waals surface area contributed by atoms with E-state index >= 15 is 0 Å². The van der Waals surface area contributed by atoms with Crippen LogP contribution in [-0.4, -0.2) is 15.4 Å². The molecular weight excluding hydrogens is 248 g/mol. The molecule has 0 bridgehead atoms. The Kier molecular flexibility index (Phi) is 5.79. The second-order valence-corrected chi connectivity index (χ2v) is 7.04. The zero-order valence-electron chi connectivity index (χ0n) is 10.7. The van der Waals surface area contributed by atoms with Crippen molar-refractivity contribution in [2.75, 3.05) is 6.61 Å². The van der Waals surface area contributed by atoms with Gasteiger partial charge in [0.15, 0.2) is 0 Å². The third-order valence-electron chi connectivity index (χ3n) is 2.75. The Morgan fingerprint density at radius 3 is 2.53 bits per heavy atom. The van der Waals surface area contributed by atoms with Gasteiger partial charge in [0.25, 0.3) is 0 Å². The van der Waals surface area contributed by atoms with Crippen LogP contribution in [0, 0.1) is 5.41 Å². The lowest BCUT2D eigenvalue weighted by molar-refractivity contribution is 0.362. The molecule has 1 rings (SSSR count). The Balaban J connectivity index is 2.58. The van der Waals surface area contributed by atoms with Crippen LogP contribution in [0.1, 0.15) is 19.4 Å². The molecule has 0 aliphatic rings. The van der Waals surface area contributed by atoms with Gasteiger partial charge >= 0.3 is 0 Å². The smallest absolute Gasteiger partial charge is 0.125 e. The van der Waals surface area contributed by atoms with Crippen molar-refractivity contribution in [1.82, 2.24) is 0 Å². The molecule has 0 radical (unpaired) electrons. The Bertz CT molecular complexity index is 346. The van der Waals surface area contributed by atoms with Crippen molar-refractivity contribution in [2.45, 2.75) is 26.3 Å². The molecule has 0 N–H and O–H groups in total. The highest BCUT2D eigenvalue weighted by atomic mass is 35.6. The van der Waals surface area contributed by atoms with Crippen LogP contribution in [0.5, 0.6) is 5.75 Å². The highest BCUT2D eigenvalue weighted by molar-refractivity contribution is 6.93. The summed E-state index contributed by atoms with van der Waals surface area (Å²) >= 11 is 5.94. The number of benzene rings is 1. The van der Waals surface area contributed by atoms with Crippen LogP contribution >= 0.6 is 11.1 Å². The van der Waals surface area contributed by atoms with Crippen molar-refractivity contribution in [3.8, 4) is 5.75 Å². The van der Waals surface area contributed by atoms with Gasteiger partial charge in [0.2, 0.25) is 0 Å². The van der Waals surface area contributed by atoms with Crippen molar-refractivity contribution < 1.29 is 4.74 Å². The summed E-state index contributed by atoms with van der Waals surface area (Å²) in [4.78, 5) is 0. The van der Waals surface area contributed by atoms with Crippen LogP contribution in [0.25, 0.3) is 0 Å². The largest absolute Gasteiger partial charge is 0.490 e. The maximum Gasteiger partial charge on any atom is 0.125 e. The molecule has 0 aliphatic carbocycles. The lowest BCUT2D eigenvalue weighted by Gasteiger charge is -2.23. The first-order valence-electron chi connectivity index (χ1n) is 5.96. The first kappa shape index (κ1) is 14.3. The van der Waals surface area contributed by atoms with E-state index in [1.165, 1.54) is 11.6 Å². The second-order valence-electron chi connectivity index (χ2n) is 5.02. The number of hydrogen-bond donors (Lipinski definition) is 0. The molecule has 17 heavy (non-hydrogen) atoms. The van der Waals surface area contributed by atoms with Crippen molar-refractivity contribution in [3.05, 3.63) is 42.5 Å². The van der Waals surface area contributed by atoms with E-state index in [1.54, 1.807) is 6.08 Å². The Morgan fingerprint density at radius 2 is 2.00 bits per heavy atom. The summed E-state index contributed by atoms with van der Waals surface area (Å²) in [6, 6.07) is 9.48. The van der Waals surface area contributed by atoms with E-state index in [9.17, 15) is 0 Å². The Morgan fingerprint density at radius 1 is 1.35 bits per heavy atom. The van der Waals surface area contributed by atoms with Gasteiger partial charge in [-0.15, -0.1) is 0 Å². The minimum Gasteiger partial charge on any atom is -0.490 e. The van der Waals surface area contributed by atoms with Crippen LogP contribution < -0.4 is 4.74 Å². The van der Waals surface area contributed by atoms with Crippen molar-refractivity contribution in [1.29, 1.82) is 0 Å². The average molecular weight is 269 g/mol. The van der Waals surface area contributed by atoms with Crippen LogP contribution in [0.2, 0.25) is 6.04 Å². The predicted molar refractivity (Wildman–Crippen MR) is 78.8 cm³/mol. The van der Waals surface area contributed by atoms with Gasteiger partial charge in [-0.25, -0.2) is 0 Å². The van der Waals surface area contributed by atoms with Crippen LogP contribution in [0.3, 0.4) is 0 Å². The zero-order valence-corrected chi connectivity index (χ0v) is 12.9. The van der Waals surface area contributed by atoms with Gasteiger partial charge < -0.3 is 4.74 Å². The SMILES string of the molecule is C=CCOc1ccc(CC(C)(C)C[SiH2]Cl)cc1. The van der Waals surface area contributed by atoms with E-state index < -0.39 is 0 Å². The molecule has 0 spiro atoms. The van der Waals surface area contributed by atoms with Crippen molar-refractivity contribution in [2.24, 2.45) is 5.41 Å². The molecule has 0 unspecified atom stereocenters. The Labute approximate surface area is 111 Å². The summed E-state index contributed by atoms with van der Waals surface area (Å²) < 4.78 is 5.46. The van der Waals surface area contributed by atoms with Gasteiger partial charge in [0, 0.05) is 0 Å². The summed E-state index contributed by atoms with van der Waals surface area (Å²) in [7, 11) is -0.389. The maximum atomic E-state index is 5.94. The topological polar surface area (TPSA) is 9.23 Å². The number of halogens is 1. The summed E-state index contributed by atoms with van der Waals surface area (Å²) in [6.07, 6.45) is 2.83. The third kappa shape index (κ3) is 5.42. The first-order valence-corrected chi connectivity index (χ1v) is 9.10. The molecule has 1 nitrogen and oxygen atoms in total. The van der Waals surface area contributed by atoms with Crippen LogP contribution in [0.15, 0.2) is 36.9 Å². The van der Waals surface area contributed by atoms with Gasteiger partial charge in [0.1, 0.15) is 21.2 Å². The third-order valence-corrected chi connectivity index (χ3v) is 4.85. The minimum absolute atomic E-state index is 0.317. The zero-order chi connectivity index (χ0) is 12.7. The van der Waals surface area contributed by atoms with Crippen LogP contribution in [-0.2, 0) is 6.42 Å². The highest BCUT2D eigenvalue weighted by Crippen LogP contribution is 2.27. The summed E-state index contributed by atoms with van der Waals surface area (Å²) in [6.45, 7) is 8.75. The van der Waals surface area contributed by atoms with Gasteiger partial charge in [-0.05, 0) is 35.6 Å². The number of ether oxygens (including phenoxy) is 1. The molecule has 0 fully saturated rings. The maximum absolute atomic E-state index is 5.94. The summed E-state index contributed by atoms with van der Waals surface area (Å²) in [5.41, 5.74) is 1.66. The fourth-order valence-corrected chi connectivity index (χ4v) is 3.98. The molecule has 0 saturated heterocycles. The van der Waals surface area contributed by atoms with Crippen molar-refractivity contribution in [3.63, 3.8) is 0 Å². The second kappa shape index (κ2) is 6.87. The summed E-state index contributed by atoms with van der Waals surface area (Å²) in [5.74, 6) is 0.901. The van der Waals surface area contributed by atoms with E-state index in [4.69, 9.17) is 15.8 Å². The monoisotopic (exact) mass is 268 g/mol. The lowest BCUT2D eigenvalue weighted by atomic mass is 9.88. The quantitative estimate of drug-likeness (QED) is 0.417. The lowest BCUT2D eigenvalue weighted by Crippen LogP contribution is -2.15. The molecular formula is C14H21ClOSi. The minimum atomic E-state index is -0.389. The normalized spacial score (nSPS) is 11.9. The average Bonchev–Trinajstić information content (AvgIpc) is 2.27. The Hall–Kier alpha value is -0.733. The fourth-order valence-electron chi connectivity index (χ4n) is 1.76. The van der Waals surface area contributed by atoms with Gasteiger partial charge in [-0.1, -0.05) is 38.6 Å². The van der Waals surface area contributed by atoms with Gasteiger partial charge in [0.05, 0.1) is 0 Å². The summed E-state index contributed by atoms with van der Waals surface area (Å²) in [5, 5.41) is 0. The van der Waals surface area contributed by atoms with E-state index in [0.717, 1.165) is 12.2 Å². The molecule has 94 valence electrons. The van der Waals surface area contributed by atoms with Gasteiger partial charge in [-0.2, -0.15) is 11.1 Å². The standard InChI is InChI=1S/C14H21ClOSi/c1-4-9-16-13-7-5-12(6-8-13)10-14(2,3)11-17-15/h4-8H,1,9-11,17H2,2-3H3. The van der Waals surface area contributed by atoms with E-state index in [2.05, 4.69) is 32.6 Å². The molecule has 0 aliphatic heterocycles. The van der Waals surface area contributed by atoms with E-state index in [0.29, 0.717) is 12.0 Å². The van der Waals surface area contributed by atoms with Crippen molar-refractivity contribution >= 4 is 19.9 Å². The molecule has 1 aromatic rings. The molecule has 0 atom stereocenters.